The van der Waals surface area contributed by atoms with E-state index in [2.05, 4.69) is 17.1 Å². The van der Waals surface area contributed by atoms with Crippen molar-refractivity contribution in [2.75, 3.05) is 0 Å². The molecule has 1 aliphatic carbocycles. The predicted octanol–water partition coefficient (Wildman–Crippen LogP) is 3.66. The number of hydrogen-bond acceptors (Lipinski definition) is 4. The molecule has 19 heavy (non-hydrogen) atoms. The van der Waals surface area contributed by atoms with Crippen molar-refractivity contribution in [2.45, 2.75) is 44.4 Å². The van der Waals surface area contributed by atoms with E-state index >= 15 is 0 Å². The minimum Gasteiger partial charge on any atom is -0.508 e. The Morgan fingerprint density at radius 3 is 2.79 bits per heavy atom. The second kappa shape index (κ2) is 4.68. The van der Waals surface area contributed by atoms with E-state index in [1.165, 1.54) is 12.8 Å². The number of phenols is 1. The van der Waals surface area contributed by atoms with Gasteiger partial charge in [-0.25, -0.2) is 0 Å². The molecule has 0 radical (unpaired) electrons. The number of aromatic hydroxyl groups is 1. The highest BCUT2D eigenvalue weighted by atomic mass is 16.5. The fourth-order valence-electron chi connectivity index (χ4n) is 2.97. The average molecular weight is 258 g/mol. The Balaban J connectivity index is 1.95. The van der Waals surface area contributed by atoms with Crippen LogP contribution in [0.4, 0.5) is 0 Å². The Labute approximate surface area is 112 Å². The van der Waals surface area contributed by atoms with E-state index < -0.39 is 0 Å². The summed E-state index contributed by atoms with van der Waals surface area (Å²) in [4.78, 5) is 4.56. The second-order valence-electron chi connectivity index (χ2n) is 5.31. The van der Waals surface area contributed by atoms with Crippen LogP contribution in [-0.2, 0) is 5.41 Å². The molecule has 0 amide bonds. The van der Waals surface area contributed by atoms with Gasteiger partial charge in [-0.2, -0.15) is 4.98 Å². The van der Waals surface area contributed by atoms with E-state index in [1.807, 2.05) is 6.07 Å². The summed E-state index contributed by atoms with van der Waals surface area (Å²) < 4.78 is 5.49. The van der Waals surface area contributed by atoms with Crippen LogP contribution in [0.15, 0.2) is 28.8 Å². The quantitative estimate of drug-likeness (QED) is 0.912. The van der Waals surface area contributed by atoms with Crippen LogP contribution in [0.2, 0.25) is 0 Å². The molecule has 1 N–H and O–H groups in total. The maximum atomic E-state index is 9.50. The van der Waals surface area contributed by atoms with E-state index in [0.717, 1.165) is 30.7 Å². The normalized spacial score (nSPS) is 17.7. The topological polar surface area (TPSA) is 59.2 Å². The lowest BCUT2D eigenvalue weighted by Gasteiger charge is -2.21. The summed E-state index contributed by atoms with van der Waals surface area (Å²) in [7, 11) is 0. The number of aromatic nitrogens is 2. The van der Waals surface area contributed by atoms with Gasteiger partial charge < -0.3 is 9.63 Å². The number of phenolic OH excluding ortho intramolecular Hbond substituents is 1. The van der Waals surface area contributed by atoms with Gasteiger partial charge in [-0.3, -0.25) is 0 Å². The highest BCUT2D eigenvalue weighted by Gasteiger charge is 2.39. The molecule has 1 aliphatic rings. The van der Waals surface area contributed by atoms with Gasteiger partial charge in [-0.1, -0.05) is 37.1 Å². The summed E-state index contributed by atoms with van der Waals surface area (Å²) in [6.07, 6.45) is 5.76. The first-order valence-electron chi connectivity index (χ1n) is 6.87. The molecule has 4 nitrogen and oxygen atoms in total. The molecule has 0 atom stereocenters. The summed E-state index contributed by atoms with van der Waals surface area (Å²) in [6, 6.07) is 6.95. The zero-order valence-corrected chi connectivity index (χ0v) is 11.1. The molecule has 2 aromatic rings. The van der Waals surface area contributed by atoms with E-state index in [0.29, 0.717) is 5.82 Å². The van der Waals surface area contributed by atoms with Crippen LogP contribution in [0.5, 0.6) is 5.75 Å². The average Bonchev–Trinajstić information content (AvgIpc) is 3.08. The van der Waals surface area contributed by atoms with Crippen LogP contribution in [0.3, 0.4) is 0 Å². The summed E-state index contributed by atoms with van der Waals surface area (Å²) in [5.74, 6) is 1.53. The molecule has 0 spiro atoms. The van der Waals surface area contributed by atoms with Gasteiger partial charge in [0.2, 0.25) is 11.7 Å². The smallest absolute Gasteiger partial charge is 0.233 e. The molecule has 4 heteroatoms. The fraction of sp³-hybridized carbons (Fsp3) is 0.467. The van der Waals surface area contributed by atoms with E-state index in [9.17, 15) is 5.11 Å². The van der Waals surface area contributed by atoms with Gasteiger partial charge in [0.15, 0.2) is 0 Å². The van der Waals surface area contributed by atoms with Crippen LogP contribution in [0.25, 0.3) is 11.4 Å². The molecule has 0 bridgehead atoms. The first kappa shape index (κ1) is 12.2. The first-order valence-corrected chi connectivity index (χ1v) is 6.87. The highest BCUT2D eigenvalue weighted by Crippen LogP contribution is 2.43. The Kier molecular flexibility index (Phi) is 3.01. The molecule has 100 valence electrons. The molecule has 1 aromatic carbocycles. The zero-order valence-electron chi connectivity index (χ0n) is 11.1. The van der Waals surface area contributed by atoms with Crippen LogP contribution in [0.1, 0.15) is 44.9 Å². The van der Waals surface area contributed by atoms with Gasteiger partial charge >= 0.3 is 0 Å². The Bertz CT molecular complexity index is 571. The monoisotopic (exact) mass is 258 g/mol. The van der Waals surface area contributed by atoms with Crippen LogP contribution < -0.4 is 0 Å². The van der Waals surface area contributed by atoms with Crippen molar-refractivity contribution in [3.05, 3.63) is 30.2 Å². The Morgan fingerprint density at radius 1 is 1.32 bits per heavy atom. The van der Waals surface area contributed by atoms with Crippen molar-refractivity contribution in [2.24, 2.45) is 0 Å². The standard InChI is InChI=1S/C15H18N2O2/c1-2-15(8-3-4-9-15)14-16-13(17-19-14)11-6-5-7-12(18)10-11/h5-7,10,18H,2-4,8-9H2,1H3. The van der Waals surface area contributed by atoms with Crippen molar-refractivity contribution in [3.63, 3.8) is 0 Å². The minimum absolute atomic E-state index is 0.0715. The number of hydrogen-bond donors (Lipinski definition) is 1. The molecule has 0 aliphatic heterocycles. The number of benzene rings is 1. The van der Waals surface area contributed by atoms with E-state index in [4.69, 9.17) is 4.52 Å². The number of nitrogens with zero attached hydrogens (tertiary/aromatic N) is 2. The molecular formula is C15H18N2O2. The van der Waals surface area contributed by atoms with Crippen molar-refractivity contribution >= 4 is 0 Å². The van der Waals surface area contributed by atoms with Gasteiger partial charge in [-0.15, -0.1) is 0 Å². The summed E-state index contributed by atoms with van der Waals surface area (Å²) in [5, 5.41) is 13.6. The zero-order chi connectivity index (χ0) is 13.3. The van der Waals surface area contributed by atoms with Gasteiger partial charge in [0.1, 0.15) is 5.75 Å². The third kappa shape index (κ3) is 2.11. The molecule has 1 fully saturated rings. The van der Waals surface area contributed by atoms with Gasteiger partial charge in [0.05, 0.1) is 0 Å². The fourth-order valence-corrected chi connectivity index (χ4v) is 2.97. The third-order valence-electron chi connectivity index (χ3n) is 4.22. The number of rotatable bonds is 3. The third-order valence-corrected chi connectivity index (χ3v) is 4.22. The highest BCUT2D eigenvalue weighted by molar-refractivity contribution is 5.56. The van der Waals surface area contributed by atoms with Gasteiger partial charge in [0, 0.05) is 11.0 Å². The molecule has 0 saturated heterocycles. The Hall–Kier alpha value is -1.84. The van der Waals surface area contributed by atoms with Crippen LogP contribution in [-0.4, -0.2) is 15.2 Å². The lowest BCUT2D eigenvalue weighted by Crippen LogP contribution is -2.21. The molecule has 0 unspecified atom stereocenters. The Morgan fingerprint density at radius 2 is 2.11 bits per heavy atom. The van der Waals surface area contributed by atoms with Crippen LogP contribution >= 0.6 is 0 Å². The maximum absolute atomic E-state index is 9.50. The summed E-state index contributed by atoms with van der Waals surface area (Å²) >= 11 is 0. The molecule has 1 saturated carbocycles. The molecule has 1 heterocycles. The maximum Gasteiger partial charge on any atom is 0.233 e. The van der Waals surface area contributed by atoms with E-state index in [1.54, 1.807) is 18.2 Å². The molecule has 3 rings (SSSR count). The largest absolute Gasteiger partial charge is 0.508 e. The molecular weight excluding hydrogens is 240 g/mol. The summed E-state index contributed by atoms with van der Waals surface area (Å²) in [5.41, 5.74) is 0.862. The van der Waals surface area contributed by atoms with Crippen molar-refractivity contribution in [1.82, 2.24) is 10.1 Å². The first-order chi connectivity index (χ1) is 9.23. The SMILES string of the molecule is CCC1(c2nc(-c3cccc(O)c3)no2)CCCC1. The van der Waals surface area contributed by atoms with Gasteiger partial charge in [0.25, 0.3) is 0 Å². The second-order valence-corrected chi connectivity index (χ2v) is 5.31. The lowest BCUT2D eigenvalue weighted by molar-refractivity contribution is 0.273. The predicted molar refractivity (Wildman–Crippen MR) is 71.8 cm³/mol. The minimum atomic E-state index is 0.0715. The molecule has 1 aromatic heterocycles. The lowest BCUT2D eigenvalue weighted by atomic mass is 9.83. The van der Waals surface area contributed by atoms with Crippen LogP contribution in [0, 0.1) is 0 Å². The van der Waals surface area contributed by atoms with E-state index in [-0.39, 0.29) is 11.2 Å². The van der Waals surface area contributed by atoms with Crippen molar-refractivity contribution in [1.29, 1.82) is 0 Å². The summed E-state index contributed by atoms with van der Waals surface area (Å²) in [6.45, 7) is 2.18. The van der Waals surface area contributed by atoms with Crippen molar-refractivity contribution < 1.29 is 9.63 Å². The van der Waals surface area contributed by atoms with Gasteiger partial charge in [-0.05, 0) is 31.4 Å². The van der Waals surface area contributed by atoms with Crippen molar-refractivity contribution in [3.8, 4) is 17.1 Å².